The number of halogens is 3. The largest absolute Gasteiger partial charge is 0.418 e. The predicted octanol–water partition coefficient (Wildman–Crippen LogP) is 2.39. The summed E-state index contributed by atoms with van der Waals surface area (Å²) in [5.41, 5.74) is -1.07. The van der Waals surface area contributed by atoms with E-state index in [-0.39, 0.29) is 6.54 Å². The van der Waals surface area contributed by atoms with Crippen LogP contribution in [0.15, 0.2) is 35.4 Å². The first kappa shape index (κ1) is 19.2. The maximum absolute atomic E-state index is 13.1. The van der Waals surface area contributed by atoms with Gasteiger partial charge in [0, 0.05) is 12.0 Å². The molecule has 2 aliphatic heterocycles. The minimum absolute atomic E-state index is 0.114. The molecule has 1 aromatic rings. The number of benzene rings is 1. The van der Waals surface area contributed by atoms with E-state index in [0.717, 1.165) is 33.9 Å². The fourth-order valence-corrected chi connectivity index (χ4v) is 3.63. The number of anilines is 1. The first-order valence-electron chi connectivity index (χ1n) is 7.94. The van der Waals surface area contributed by atoms with Gasteiger partial charge in [-0.05, 0) is 19.1 Å². The Bertz CT molecular complexity index is 823. The van der Waals surface area contributed by atoms with Gasteiger partial charge in [-0.3, -0.25) is 19.4 Å². The molecule has 1 saturated heterocycles. The monoisotopic (exact) mass is 400 g/mol. The highest BCUT2D eigenvalue weighted by atomic mass is 32.2. The molecular weight excluding hydrogens is 385 g/mol. The van der Waals surface area contributed by atoms with Crippen LogP contribution in [0.25, 0.3) is 0 Å². The van der Waals surface area contributed by atoms with E-state index in [1.165, 1.54) is 17.5 Å². The van der Waals surface area contributed by atoms with Gasteiger partial charge < -0.3 is 5.32 Å². The molecule has 2 N–H and O–H groups in total. The third-order valence-electron chi connectivity index (χ3n) is 4.07. The quantitative estimate of drug-likeness (QED) is 0.759. The van der Waals surface area contributed by atoms with Crippen LogP contribution in [0.2, 0.25) is 0 Å². The molecule has 0 aromatic heterocycles. The number of rotatable bonds is 4. The zero-order valence-electron chi connectivity index (χ0n) is 14.0. The van der Waals surface area contributed by atoms with E-state index in [4.69, 9.17) is 0 Å². The van der Waals surface area contributed by atoms with Crippen LogP contribution in [0, 0.1) is 0 Å². The first-order valence-corrected chi connectivity index (χ1v) is 8.82. The van der Waals surface area contributed by atoms with Gasteiger partial charge in [0.15, 0.2) is 0 Å². The summed E-state index contributed by atoms with van der Waals surface area (Å²) in [5, 5.41) is 3.73. The molecule has 0 bridgehead atoms. The highest BCUT2D eigenvalue weighted by Gasteiger charge is 2.45. The lowest BCUT2D eigenvalue weighted by molar-refractivity contribution is -0.137. The summed E-state index contributed by atoms with van der Waals surface area (Å²) in [5.74, 6) is -1.24. The number of imide groups is 1. The van der Waals surface area contributed by atoms with Crippen LogP contribution < -0.4 is 10.0 Å². The number of carbonyl (C=O) groups excluding carboxylic acids is 3. The number of alkyl halides is 3. The van der Waals surface area contributed by atoms with Crippen molar-refractivity contribution in [3.63, 3.8) is 0 Å². The maximum Gasteiger partial charge on any atom is 0.418 e. The molecular formula is C16H15F3N4O3S. The predicted molar refractivity (Wildman–Crippen MR) is 92.2 cm³/mol. The molecule has 0 saturated carbocycles. The highest BCUT2D eigenvalue weighted by molar-refractivity contribution is 8.00. The molecule has 4 amide bonds. The molecule has 1 aromatic carbocycles. The van der Waals surface area contributed by atoms with E-state index in [0.29, 0.717) is 5.70 Å². The van der Waals surface area contributed by atoms with Gasteiger partial charge in [0.25, 0.3) is 5.91 Å². The molecule has 1 fully saturated rings. The number of nitrogens with zero attached hydrogens (tertiary/aromatic N) is 2. The number of hydrogen-bond donors (Lipinski definition) is 2. The molecule has 27 heavy (non-hydrogen) atoms. The van der Waals surface area contributed by atoms with E-state index in [1.807, 2.05) is 0 Å². The minimum atomic E-state index is -4.63. The second kappa shape index (κ2) is 7.24. The zero-order valence-corrected chi connectivity index (χ0v) is 14.9. The normalized spacial score (nSPS) is 19.9. The Kier molecular flexibility index (Phi) is 5.16. The smallest absolute Gasteiger partial charge is 0.324 e. The van der Waals surface area contributed by atoms with Gasteiger partial charge in [0.1, 0.15) is 12.6 Å². The lowest BCUT2D eigenvalue weighted by Crippen LogP contribution is -2.60. The van der Waals surface area contributed by atoms with Crippen LogP contribution >= 0.6 is 11.9 Å². The number of urea groups is 1. The van der Waals surface area contributed by atoms with Crippen molar-refractivity contribution < 1.29 is 27.6 Å². The number of hydrogen-bond acceptors (Lipinski definition) is 5. The number of nitrogens with one attached hydrogen (secondary N) is 2. The molecule has 0 aliphatic carbocycles. The van der Waals surface area contributed by atoms with Crippen molar-refractivity contribution in [2.45, 2.75) is 19.1 Å². The Labute approximate surface area is 156 Å². The Morgan fingerprint density at radius 1 is 1.26 bits per heavy atom. The van der Waals surface area contributed by atoms with E-state index in [9.17, 15) is 27.6 Å². The molecule has 7 nitrogen and oxygen atoms in total. The van der Waals surface area contributed by atoms with Gasteiger partial charge in [-0.1, -0.05) is 24.1 Å². The summed E-state index contributed by atoms with van der Waals surface area (Å²) >= 11 is 1.10. The van der Waals surface area contributed by atoms with Crippen molar-refractivity contribution in [1.82, 2.24) is 14.5 Å². The van der Waals surface area contributed by atoms with E-state index >= 15 is 0 Å². The SMILES string of the molecule is CCN1C(=O)C2NSC=C2N(CC(=O)Nc2ccccc2C(F)(F)F)C1=O. The minimum Gasteiger partial charge on any atom is -0.324 e. The van der Waals surface area contributed by atoms with Gasteiger partial charge in [0.2, 0.25) is 5.91 Å². The second-order valence-corrected chi connectivity index (χ2v) is 6.46. The van der Waals surface area contributed by atoms with Crippen LogP contribution in [-0.2, 0) is 15.8 Å². The molecule has 11 heteroatoms. The molecule has 1 atom stereocenters. The molecule has 144 valence electrons. The summed E-state index contributed by atoms with van der Waals surface area (Å²) in [4.78, 5) is 39.2. The average molecular weight is 400 g/mol. The summed E-state index contributed by atoms with van der Waals surface area (Å²) in [6, 6.07) is 3.11. The first-order chi connectivity index (χ1) is 12.7. The maximum atomic E-state index is 13.1. The van der Waals surface area contributed by atoms with Crippen LogP contribution in [0.1, 0.15) is 12.5 Å². The van der Waals surface area contributed by atoms with Crippen LogP contribution in [0.3, 0.4) is 0 Å². The molecule has 2 heterocycles. The van der Waals surface area contributed by atoms with Crippen LogP contribution in [0.4, 0.5) is 23.7 Å². The topological polar surface area (TPSA) is 81.8 Å². The second-order valence-electron chi connectivity index (χ2n) is 5.75. The number of fused-ring (bicyclic) bond motifs is 1. The molecule has 0 spiro atoms. The van der Waals surface area contributed by atoms with E-state index in [1.54, 1.807) is 6.92 Å². The van der Waals surface area contributed by atoms with Gasteiger partial charge >= 0.3 is 12.2 Å². The Hall–Kier alpha value is -2.53. The third-order valence-corrected chi connectivity index (χ3v) is 4.80. The fourth-order valence-electron chi connectivity index (χ4n) is 2.82. The Morgan fingerprint density at radius 2 is 1.96 bits per heavy atom. The lowest BCUT2D eigenvalue weighted by atomic mass is 10.1. The van der Waals surface area contributed by atoms with Gasteiger partial charge in [-0.15, -0.1) is 0 Å². The van der Waals surface area contributed by atoms with Crippen molar-refractivity contribution in [2.24, 2.45) is 0 Å². The van der Waals surface area contributed by atoms with Crippen LogP contribution in [-0.4, -0.2) is 46.8 Å². The molecule has 3 rings (SSSR count). The van der Waals surface area contributed by atoms with Crippen molar-refractivity contribution in [3.8, 4) is 0 Å². The fraction of sp³-hybridized carbons (Fsp3) is 0.312. The van der Waals surface area contributed by atoms with Crippen molar-refractivity contribution in [1.29, 1.82) is 0 Å². The van der Waals surface area contributed by atoms with Gasteiger partial charge in [-0.2, -0.15) is 13.2 Å². The third kappa shape index (κ3) is 3.65. The van der Waals surface area contributed by atoms with Crippen LogP contribution in [0.5, 0.6) is 0 Å². The van der Waals surface area contributed by atoms with E-state index < -0.39 is 47.9 Å². The Balaban J connectivity index is 1.80. The molecule has 2 aliphatic rings. The number of likely N-dealkylation sites (N-methyl/N-ethyl adjacent to an activating group) is 1. The van der Waals surface area contributed by atoms with Crippen molar-refractivity contribution >= 4 is 35.5 Å². The van der Waals surface area contributed by atoms with Gasteiger partial charge in [0.05, 0.1) is 16.9 Å². The summed E-state index contributed by atoms with van der Waals surface area (Å²) in [6.45, 7) is 1.21. The highest BCUT2D eigenvalue weighted by Crippen LogP contribution is 2.35. The summed E-state index contributed by atoms with van der Waals surface area (Å²) < 4.78 is 42.0. The lowest BCUT2D eigenvalue weighted by Gasteiger charge is -2.37. The van der Waals surface area contributed by atoms with E-state index in [2.05, 4.69) is 10.0 Å². The number of para-hydroxylation sites is 1. The average Bonchev–Trinajstić information content (AvgIpc) is 3.08. The zero-order chi connectivity index (χ0) is 19.8. The summed E-state index contributed by atoms with van der Waals surface area (Å²) in [7, 11) is 0. The standard InChI is InChI=1S/C16H15F3N4O3S/c1-2-22-14(25)13-11(8-27-21-13)23(15(22)26)7-12(24)20-10-6-4-3-5-9(10)16(17,18)19/h3-6,8,13,21H,2,7H2,1H3,(H,20,24). The number of amides is 4. The Morgan fingerprint density at radius 3 is 2.63 bits per heavy atom. The molecule has 1 unspecified atom stereocenters. The van der Waals surface area contributed by atoms with Gasteiger partial charge in [-0.25, -0.2) is 9.52 Å². The van der Waals surface area contributed by atoms with Crippen molar-refractivity contribution in [3.05, 3.63) is 40.9 Å². The number of carbonyl (C=O) groups is 3. The summed E-state index contributed by atoms with van der Waals surface area (Å²) in [6.07, 6.45) is -4.63. The molecule has 0 radical (unpaired) electrons. The van der Waals surface area contributed by atoms with Crippen molar-refractivity contribution in [2.75, 3.05) is 18.4 Å².